The highest BCUT2D eigenvalue weighted by molar-refractivity contribution is 5.91. The zero-order chi connectivity index (χ0) is 19.8. The summed E-state index contributed by atoms with van der Waals surface area (Å²) in [5.74, 6) is 1.64. The predicted octanol–water partition coefficient (Wildman–Crippen LogP) is 5.01. The number of benzene rings is 2. The molecule has 0 spiro atoms. The fourth-order valence-electron chi connectivity index (χ4n) is 3.38. The number of aromatic nitrogens is 3. The van der Waals surface area contributed by atoms with Gasteiger partial charge in [0.25, 0.3) is 0 Å². The van der Waals surface area contributed by atoms with Crippen molar-refractivity contribution in [2.45, 2.75) is 20.8 Å². The molecule has 0 bridgehead atoms. The van der Waals surface area contributed by atoms with Gasteiger partial charge >= 0.3 is 0 Å². The highest BCUT2D eigenvalue weighted by Crippen LogP contribution is 2.36. The standard InChI is InChI=1S/C23H23N3O2/c1-14-15(2)24-23-21(17-6-10-19(27-4)11-7-17)22(25-26(23)16(14)3)18-8-12-20(28-5)13-9-18/h6-13H,1-5H3. The molecule has 0 aliphatic heterocycles. The summed E-state index contributed by atoms with van der Waals surface area (Å²) in [5, 5.41) is 4.94. The normalized spacial score (nSPS) is 11.0. The van der Waals surface area contributed by atoms with E-state index in [1.54, 1.807) is 14.2 Å². The van der Waals surface area contributed by atoms with Crippen molar-refractivity contribution in [1.29, 1.82) is 0 Å². The molecule has 0 saturated carbocycles. The largest absolute Gasteiger partial charge is 0.497 e. The SMILES string of the molecule is COc1ccc(-c2nn3c(C)c(C)c(C)nc3c2-c2ccc(OC)cc2)cc1. The Hall–Kier alpha value is -3.34. The maximum absolute atomic E-state index is 5.32. The summed E-state index contributed by atoms with van der Waals surface area (Å²) in [6, 6.07) is 16.0. The summed E-state index contributed by atoms with van der Waals surface area (Å²) in [5.41, 5.74) is 8.10. The lowest BCUT2D eigenvalue weighted by molar-refractivity contribution is 0.414. The summed E-state index contributed by atoms with van der Waals surface area (Å²) >= 11 is 0. The zero-order valence-electron chi connectivity index (χ0n) is 16.8. The summed E-state index contributed by atoms with van der Waals surface area (Å²) in [4.78, 5) is 4.88. The topological polar surface area (TPSA) is 48.7 Å². The Balaban J connectivity index is 2.02. The van der Waals surface area contributed by atoms with Crippen LogP contribution in [0.2, 0.25) is 0 Å². The van der Waals surface area contributed by atoms with E-state index in [9.17, 15) is 0 Å². The van der Waals surface area contributed by atoms with Crippen molar-refractivity contribution in [3.8, 4) is 33.9 Å². The summed E-state index contributed by atoms with van der Waals surface area (Å²) < 4.78 is 12.6. The van der Waals surface area contributed by atoms with Gasteiger partial charge in [-0.05, 0) is 68.3 Å². The second-order valence-electron chi connectivity index (χ2n) is 6.82. The Morgan fingerprint density at radius 3 is 1.82 bits per heavy atom. The smallest absolute Gasteiger partial charge is 0.164 e. The zero-order valence-corrected chi connectivity index (χ0v) is 16.8. The fraction of sp³-hybridized carbons (Fsp3) is 0.217. The molecule has 2 heterocycles. The molecule has 0 radical (unpaired) electrons. The molecule has 0 amide bonds. The molecule has 0 atom stereocenters. The first-order chi connectivity index (χ1) is 13.5. The van der Waals surface area contributed by atoms with Crippen LogP contribution in [0.5, 0.6) is 11.5 Å². The number of ether oxygens (including phenoxy) is 2. The van der Waals surface area contributed by atoms with E-state index in [-0.39, 0.29) is 0 Å². The Morgan fingerprint density at radius 1 is 0.750 bits per heavy atom. The van der Waals surface area contributed by atoms with Crippen molar-refractivity contribution < 1.29 is 9.47 Å². The maximum Gasteiger partial charge on any atom is 0.164 e. The van der Waals surface area contributed by atoms with Crippen molar-refractivity contribution in [3.63, 3.8) is 0 Å². The fourth-order valence-corrected chi connectivity index (χ4v) is 3.38. The molecular formula is C23H23N3O2. The van der Waals surface area contributed by atoms with Crippen LogP contribution < -0.4 is 9.47 Å². The van der Waals surface area contributed by atoms with E-state index in [1.165, 1.54) is 0 Å². The summed E-state index contributed by atoms with van der Waals surface area (Å²) in [7, 11) is 3.34. The van der Waals surface area contributed by atoms with Gasteiger partial charge in [0, 0.05) is 17.0 Å². The molecule has 0 saturated heterocycles. The van der Waals surface area contributed by atoms with Gasteiger partial charge in [0.1, 0.15) is 17.2 Å². The van der Waals surface area contributed by atoms with Crippen molar-refractivity contribution in [2.75, 3.05) is 14.2 Å². The van der Waals surface area contributed by atoms with E-state index < -0.39 is 0 Å². The molecule has 0 fully saturated rings. The van der Waals surface area contributed by atoms with Crippen molar-refractivity contribution in [2.24, 2.45) is 0 Å². The molecule has 4 aromatic rings. The first kappa shape index (κ1) is 18.0. The van der Waals surface area contributed by atoms with E-state index in [2.05, 4.69) is 26.0 Å². The molecule has 28 heavy (non-hydrogen) atoms. The van der Waals surface area contributed by atoms with Crippen LogP contribution in [0.4, 0.5) is 0 Å². The van der Waals surface area contributed by atoms with Gasteiger partial charge in [-0.1, -0.05) is 12.1 Å². The van der Waals surface area contributed by atoms with Crippen LogP contribution in [0.1, 0.15) is 17.0 Å². The van der Waals surface area contributed by atoms with E-state index in [4.69, 9.17) is 19.6 Å². The van der Waals surface area contributed by atoms with Crippen LogP contribution in [-0.4, -0.2) is 28.8 Å². The minimum atomic E-state index is 0.819. The van der Waals surface area contributed by atoms with E-state index in [0.29, 0.717) is 0 Å². The molecule has 0 aliphatic carbocycles. The number of methoxy groups -OCH3 is 2. The summed E-state index contributed by atoms with van der Waals surface area (Å²) in [6.07, 6.45) is 0. The van der Waals surface area contributed by atoms with Gasteiger partial charge in [0.15, 0.2) is 5.65 Å². The van der Waals surface area contributed by atoms with E-state index in [1.807, 2.05) is 47.8 Å². The average molecular weight is 373 g/mol. The van der Waals surface area contributed by atoms with Crippen LogP contribution >= 0.6 is 0 Å². The van der Waals surface area contributed by atoms with Crippen LogP contribution in [0.3, 0.4) is 0 Å². The Kier molecular flexibility index (Phi) is 4.51. The molecule has 5 heteroatoms. The molecule has 0 unspecified atom stereocenters. The van der Waals surface area contributed by atoms with Gasteiger partial charge in [-0.25, -0.2) is 9.50 Å². The first-order valence-corrected chi connectivity index (χ1v) is 9.19. The lowest BCUT2D eigenvalue weighted by Gasteiger charge is -2.08. The van der Waals surface area contributed by atoms with E-state index in [0.717, 1.165) is 56.5 Å². The van der Waals surface area contributed by atoms with E-state index >= 15 is 0 Å². The molecule has 0 N–H and O–H groups in total. The number of aryl methyl sites for hydroxylation is 2. The average Bonchev–Trinajstić information content (AvgIpc) is 3.11. The number of hydrogen-bond acceptors (Lipinski definition) is 4. The maximum atomic E-state index is 5.32. The molecule has 4 rings (SSSR count). The quantitative estimate of drug-likeness (QED) is 0.505. The number of rotatable bonds is 4. The number of nitrogens with zero attached hydrogens (tertiary/aromatic N) is 3. The summed E-state index contributed by atoms with van der Waals surface area (Å²) in [6.45, 7) is 6.21. The van der Waals surface area contributed by atoms with Crippen LogP contribution in [0, 0.1) is 20.8 Å². The second kappa shape index (κ2) is 7.00. The molecule has 142 valence electrons. The monoisotopic (exact) mass is 373 g/mol. The van der Waals surface area contributed by atoms with Crippen LogP contribution in [0.25, 0.3) is 28.0 Å². The van der Waals surface area contributed by atoms with Crippen molar-refractivity contribution in [1.82, 2.24) is 14.6 Å². The van der Waals surface area contributed by atoms with Gasteiger partial charge in [0.2, 0.25) is 0 Å². The van der Waals surface area contributed by atoms with Gasteiger partial charge in [-0.3, -0.25) is 0 Å². The predicted molar refractivity (Wildman–Crippen MR) is 111 cm³/mol. The van der Waals surface area contributed by atoms with Crippen LogP contribution in [0.15, 0.2) is 48.5 Å². The van der Waals surface area contributed by atoms with Gasteiger partial charge in [0.05, 0.1) is 19.8 Å². The Labute approximate surface area is 164 Å². The van der Waals surface area contributed by atoms with Gasteiger partial charge in [-0.15, -0.1) is 0 Å². The third-order valence-electron chi connectivity index (χ3n) is 5.28. The highest BCUT2D eigenvalue weighted by Gasteiger charge is 2.20. The number of hydrogen-bond donors (Lipinski definition) is 0. The highest BCUT2D eigenvalue weighted by atomic mass is 16.5. The molecule has 2 aromatic carbocycles. The third kappa shape index (κ3) is 2.89. The molecular weight excluding hydrogens is 350 g/mol. The van der Waals surface area contributed by atoms with Crippen LogP contribution in [-0.2, 0) is 0 Å². The minimum absolute atomic E-state index is 0.819. The number of fused-ring (bicyclic) bond motifs is 1. The lowest BCUT2D eigenvalue weighted by atomic mass is 10.0. The van der Waals surface area contributed by atoms with Crippen molar-refractivity contribution >= 4 is 5.65 Å². The first-order valence-electron chi connectivity index (χ1n) is 9.19. The lowest BCUT2D eigenvalue weighted by Crippen LogP contribution is -2.02. The van der Waals surface area contributed by atoms with Crippen molar-refractivity contribution in [3.05, 3.63) is 65.5 Å². The van der Waals surface area contributed by atoms with Gasteiger partial charge < -0.3 is 9.47 Å². The Morgan fingerprint density at radius 2 is 1.29 bits per heavy atom. The Bertz CT molecular complexity index is 1140. The van der Waals surface area contributed by atoms with Gasteiger partial charge in [-0.2, -0.15) is 5.10 Å². The molecule has 5 nitrogen and oxygen atoms in total. The molecule has 0 aliphatic rings. The minimum Gasteiger partial charge on any atom is -0.497 e. The third-order valence-corrected chi connectivity index (χ3v) is 5.28. The second-order valence-corrected chi connectivity index (χ2v) is 6.82. The molecule has 2 aromatic heterocycles.